The molecule has 27 heavy (non-hydrogen) atoms. The summed E-state index contributed by atoms with van der Waals surface area (Å²) in [5.41, 5.74) is 1.28. The maximum atomic E-state index is 12.9. The van der Waals surface area contributed by atoms with Gasteiger partial charge in [-0.2, -0.15) is 0 Å². The van der Waals surface area contributed by atoms with Crippen LogP contribution >= 0.6 is 0 Å². The molecular formula is C19H23FN2O4S. The molecule has 1 amide bonds. The molecule has 0 spiro atoms. The summed E-state index contributed by atoms with van der Waals surface area (Å²) in [7, 11) is -1.88. The molecule has 0 bridgehead atoms. The number of nitrogens with one attached hydrogen (secondary N) is 1. The molecule has 6 nitrogen and oxygen atoms in total. The molecule has 0 saturated carbocycles. The average molecular weight is 394 g/mol. The van der Waals surface area contributed by atoms with Gasteiger partial charge in [0.1, 0.15) is 11.6 Å². The van der Waals surface area contributed by atoms with Crippen LogP contribution in [0.3, 0.4) is 0 Å². The first-order valence-corrected chi connectivity index (χ1v) is 10.3. The van der Waals surface area contributed by atoms with Crippen molar-refractivity contribution in [1.29, 1.82) is 0 Å². The fraction of sp³-hybridized carbons (Fsp3) is 0.316. The van der Waals surface area contributed by atoms with Crippen LogP contribution in [0.25, 0.3) is 0 Å². The summed E-state index contributed by atoms with van der Waals surface area (Å²) in [5.74, 6) is -0.145. The molecule has 0 heterocycles. The third-order valence-corrected chi connectivity index (χ3v) is 5.23. The van der Waals surface area contributed by atoms with Gasteiger partial charge in [-0.25, -0.2) is 12.8 Å². The normalized spacial score (nSPS) is 12.3. The van der Waals surface area contributed by atoms with Gasteiger partial charge in [0, 0.05) is 13.6 Å². The van der Waals surface area contributed by atoms with E-state index in [4.69, 9.17) is 4.74 Å². The van der Waals surface area contributed by atoms with Crippen molar-refractivity contribution in [3.63, 3.8) is 0 Å². The SMILES string of the molecule is CCC(Oc1ccc(N(C)S(C)(=O)=O)cc1)C(=O)NCc1ccc(F)cc1. The fourth-order valence-electron chi connectivity index (χ4n) is 2.32. The van der Waals surface area contributed by atoms with E-state index in [0.29, 0.717) is 17.9 Å². The van der Waals surface area contributed by atoms with Crippen molar-refractivity contribution in [2.24, 2.45) is 0 Å². The van der Waals surface area contributed by atoms with Gasteiger partial charge >= 0.3 is 0 Å². The first-order valence-electron chi connectivity index (χ1n) is 8.43. The zero-order valence-corrected chi connectivity index (χ0v) is 16.3. The van der Waals surface area contributed by atoms with Gasteiger partial charge in [-0.05, 0) is 48.4 Å². The number of carbonyl (C=O) groups excluding carboxylic acids is 1. The molecule has 1 atom stereocenters. The molecule has 0 aliphatic heterocycles. The summed E-state index contributed by atoms with van der Waals surface area (Å²) in [4.78, 5) is 12.3. The van der Waals surface area contributed by atoms with Crippen molar-refractivity contribution < 1.29 is 22.3 Å². The molecule has 2 aromatic carbocycles. The van der Waals surface area contributed by atoms with Crippen LogP contribution in [0.2, 0.25) is 0 Å². The van der Waals surface area contributed by atoms with Crippen LogP contribution in [0.5, 0.6) is 5.75 Å². The fourth-order valence-corrected chi connectivity index (χ4v) is 2.82. The number of carbonyl (C=O) groups is 1. The van der Waals surface area contributed by atoms with Crippen LogP contribution in [0.15, 0.2) is 48.5 Å². The Hall–Kier alpha value is -2.61. The lowest BCUT2D eigenvalue weighted by molar-refractivity contribution is -0.128. The van der Waals surface area contributed by atoms with E-state index in [1.807, 2.05) is 6.92 Å². The van der Waals surface area contributed by atoms with Crippen LogP contribution in [-0.2, 0) is 21.4 Å². The second kappa shape index (κ2) is 8.85. The summed E-state index contributed by atoms with van der Waals surface area (Å²) < 4.78 is 42.9. The quantitative estimate of drug-likeness (QED) is 0.747. The van der Waals surface area contributed by atoms with Gasteiger partial charge in [-0.15, -0.1) is 0 Å². The van der Waals surface area contributed by atoms with Gasteiger partial charge in [-0.3, -0.25) is 9.10 Å². The molecule has 2 rings (SSSR count). The molecule has 1 unspecified atom stereocenters. The Labute approximate surface area is 159 Å². The molecule has 0 radical (unpaired) electrons. The second-order valence-corrected chi connectivity index (χ2v) is 8.10. The number of rotatable bonds is 8. The summed E-state index contributed by atoms with van der Waals surface area (Å²) in [6.45, 7) is 2.10. The van der Waals surface area contributed by atoms with Crippen LogP contribution in [0.4, 0.5) is 10.1 Å². The minimum atomic E-state index is -3.34. The Morgan fingerprint density at radius 2 is 1.74 bits per heavy atom. The van der Waals surface area contributed by atoms with Crippen LogP contribution in [-0.4, -0.2) is 33.7 Å². The summed E-state index contributed by atoms with van der Waals surface area (Å²) in [6.07, 6.45) is 0.889. The van der Waals surface area contributed by atoms with Crippen molar-refractivity contribution >= 4 is 21.6 Å². The molecule has 0 saturated heterocycles. The topological polar surface area (TPSA) is 75.7 Å². The monoisotopic (exact) mass is 394 g/mol. The van der Waals surface area contributed by atoms with Gasteiger partial charge in [0.15, 0.2) is 6.10 Å². The molecule has 146 valence electrons. The lowest BCUT2D eigenvalue weighted by Crippen LogP contribution is -2.37. The van der Waals surface area contributed by atoms with Crippen LogP contribution in [0, 0.1) is 5.82 Å². The lowest BCUT2D eigenvalue weighted by atomic mass is 10.2. The van der Waals surface area contributed by atoms with Gasteiger partial charge in [0.25, 0.3) is 5.91 Å². The van der Waals surface area contributed by atoms with E-state index in [9.17, 15) is 17.6 Å². The van der Waals surface area contributed by atoms with Crippen molar-refractivity contribution in [3.05, 3.63) is 59.9 Å². The summed E-state index contributed by atoms with van der Waals surface area (Å²) in [6, 6.07) is 12.3. The van der Waals surface area contributed by atoms with Crippen LogP contribution in [0.1, 0.15) is 18.9 Å². The van der Waals surface area contributed by atoms with E-state index in [1.54, 1.807) is 36.4 Å². The Morgan fingerprint density at radius 1 is 1.15 bits per heavy atom. The number of hydrogen-bond donors (Lipinski definition) is 1. The van der Waals surface area contributed by atoms with Crippen molar-refractivity contribution in [2.45, 2.75) is 26.0 Å². The number of halogens is 1. The highest BCUT2D eigenvalue weighted by Gasteiger charge is 2.18. The molecule has 0 fully saturated rings. The molecule has 0 aliphatic carbocycles. The third-order valence-electron chi connectivity index (χ3n) is 4.02. The number of nitrogens with zero attached hydrogens (tertiary/aromatic N) is 1. The predicted octanol–water partition coefficient (Wildman–Crippen LogP) is 2.70. The van der Waals surface area contributed by atoms with Gasteiger partial charge in [-0.1, -0.05) is 19.1 Å². The van der Waals surface area contributed by atoms with Gasteiger partial charge in [0.2, 0.25) is 10.0 Å². The van der Waals surface area contributed by atoms with Gasteiger partial charge in [0.05, 0.1) is 11.9 Å². The number of amides is 1. The van der Waals surface area contributed by atoms with E-state index < -0.39 is 16.1 Å². The molecular weight excluding hydrogens is 371 g/mol. The second-order valence-electron chi connectivity index (χ2n) is 6.08. The zero-order chi connectivity index (χ0) is 20.0. The van der Waals surface area contributed by atoms with E-state index in [0.717, 1.165) is 16.1 Å². The summed E-state index contributed by atoms with van der Waals surface area (Å²) >= 11 is 0. The molecule has 0 aromatic heterocycles. The number of sulfonamides is 1. The maximum Gasteiger partial charge on any atom is 0.261 e. The van der Waals surface area contributed by atoms with Crippen molar-refractivity contribution in [1.82, 2.24) is 5.32 Å². The lowest BCUT2D eigenvalue weighted by Gasteiger charge is -2.19. The van der Waals surface area contributed by atoms with Gasteiger partial charge < -0.3 is 10.1 Å². The Kier molecular flexibility index (Phi) is 6.79. The molecule has 8 heteroatoms. The predicted molar refractivity (Wildman–Crippen MR) is 103 cm³/mol. The standard InChI is InChI=1S/C19H23FN2O4S/c1-4-18(19(23)21-13-14-5-7-15(20)8-6-14)26-17-11-9-16(10-12-17)22(2)27(3,24)25/h5-12,18H,4,13H2,1-3H3,(H,21,23). The molecule has 2 aromatic rings. The number of benzene rings is 2. The van der Waals surface area contributed by atoms with E-state index in [1.165, 1.54) is 19.2 Å². The number of ether oxygens (including phenoxy) is 1. The Bertz CT molecular complexity index is 868. The largest absolute Gasteiger partial charge is 0.481 e. The minimum absolute atomic E-state index is 0.275. The Morgan fingerprint density at radius 3 is 2.26 bits per heavy atom. The minimum Gasteiger partial charge on any atom is -0.481 e. The Balaban J connectivity index is 1.97. The zero-order valence-electron chi connectivity index (χ0n) is 15.5. The molecule has 1 N–H and O–H groups in total. The molecule has 0 aliphatic rings. The first-order chi connectivity index (χ1) is 12.7. The van der Waals surface area contributed by atoms with E-state index >= 15 is 0 Å². The first kappa shape index (κ1) is 20.7. The van der Waals surface area contributed by atoms with Crippen LogP contribution < -0.4 is 14.4 Å². The van der Waals surface area contributed by atoms with E-state index in [-0.39, 0.29) is 18.3 Å². The van der Waals surface area contributed by atoms with Crippen molar-refractivity contribution in [3.8, 4) is 5.75 Å². The highest BCUT2D eigenvalue weighted by Crippen LogP contribution is 2.21. The van der Waals surface area contributed by atoms with Crippen molar-refractivity contribution in [2.75, 3.05) is 17.6 Å². The average Bonchev–Trinajstić information content (AvgIpc) is 2.64. The van der Waals surface area contributed by atoms with E-state index in [2.05, 4.69) is 5.32 Å². The highest BCUT2D eigenvalue weighted by molar-refractivity contribution is 7.92. The third kappa shape index (κ3) is 5.96. The summed E-state index contributed by atoms with van der Waals surface area (Å²) in [5, 5.41) is 2.77. The number of anilines is 1. The smallest absolute Gasteiger partial charge is 0.261 e. The highest BCUT2D eigenvalue weighted by atomic mass is 32.2. The number of hydrogen-bond acceptors (Lipinski definition) is 4. The maximum absolute atomic E-state index is 12.9.